The van der Waals surface area contributed by atoms with Crippen LogP contribution in [0.4, 0.5) is 5.13 Å². The minimum atomic E-state index is 0.128. The van der Waals surface area contributed by atoms with Gasteiger partial charge in [-0.1, -0.05) is 24.3 Å². The van der Waals surface area contributed by atoms with Gasteiger partial charge in [0.1, 0.15) is 11.3 Å². The zero-order chi connectivity index (χ0) is 12.7. The van der Waals surface area contributed by atoms with E-state index in [0.717, 1.165) is 17.1 Å². The second kappa shape index (κ2) is 4.24. The lowest BCUT2D eigenvalue weighted by Crippen LogP contribution is -2.07. The third kappa shape index (κ3) is 1.75. The van der Waals surface area contributed by atoms with E-state index in [-0.39, 0.29) is 6.04 Å². The fourth-order valence-electron chi connectivity index (χ4n) is 2.86. The molecule has 4 nitrogen and oxygen atoms in total. The number of hydrogen-bond donors (Lipinski definition) is 2. The molecule has 1 aliphatic rings. The molecule has 18 heavy (non-hydrogen) atoms. The molecular weight excluding hydrogens is 246 g/mol. The zero-order valence-electron chi connectivity index (χ0n) is 10.3. The first kappa shape index (κ1) is 11.5. The number of anilines is 1. The number of nitrogens with one attached hydrogen (secondary N) is 1. The molecule has 5 heteroatoms. The van der Waals surface area contributed by atoms with Crippen LogP contribution < -0.4 is 5.32 Å². The SMILES string of the molecule is Cc1ccc(O)c2c1C(C)CC2Nc1nncs1. The molecule has 2 aromatic rings. The standard InChI is InChI=1S/C13H15N3OS/c1-7-3-4-10(17)12-9(5-8(2)11(7)12)15-13-16-14-6-18-13/h3-4,6,8-9,17H,5H2,1-2H3,(H,15,16). The maximum Gasteiger partial charge on any atom is 0.205 e. The highest BCUT2D eigenvalue weighted by molar-refractivity contribution is 7.13. The van der Waals surface area contributed by atoms with E-state index in [9.17, 15) is 5.11 Å². The van der Waals surface area contributed by atoms with E-state index in [0.29, 0.717) is 11.7 Å². The third-order valence-corrected chi connectivity index (χ3v) is 4.19. The monoisotopic (exact) mass is 261 g/mol. The highest BCUT2D eigenvalue weighted by Crippen LogP contribution is 2.47. The molecule has 0 fully saturated rings. The average molecular weight is 261 g/mol. The second-order valence-electron chi connectivity index (χ2n) is 4.81. The number of rotatable bonds is 2. The van der Waals surface area contributed by atoms with Crippen molar-refractivity contribution in [1.82, 2.24) is 10.2 Å². The maximum absolute atomic E-state index is 10.1. The normalized spacial score (nSPS) is 21.9. The number of fused-ring (bicyclic) bond motifs is 1. The van der Waals surface area contributed by atoms with Gasteiger partial charge in [-0.3, -0.25) is 0 Å². The van der Waals surface area contributed by atoms with Crippen LogP contribution in [0.25, 0.3) is 0 Å². The topological polar surface area (TPSA) is 58.0 Å². The molecule has 2 N–H and O–H groups in total. The van der Waals surface area contributed by atoms with Crippen LogP contribution in [-0.2, 0) is 0 Å². The number of nitrogens with zero attached hydrogens (tertiary/aromatic N) is 2. The smallest absolute Gasteiger partial charge is 0.205 e. The molecular formula is C13H15N3OS. The van der Waals surface area contributed by atoms with Crippen molar-refractivity contribution in [3.8, 4) is 5.75 Å². The summed E-state index contributed by atoms with van der Waals surface area (Å²) in [6.45, 7) is 4.30. The Morgan fingerprint density at radius 1 is 1.39 bits per heavy atom. The summed E-state index contributed by atoms with van der Waals surface area (Å²) < 4.78 is 0. The van der Waals surface area contributed by atoms with Gasteiger partial charge in [0.15, 0.2) is 0 Å². The Morgan fingerprint density at radius 2 is 2.22 bits per heavy atom. The van der Waals surface area contributed by atoms with Crippen LogP contribution in [0.15, 0.2) is 17.6 Å². The number of benzene rings is 1. The van der Waals surface area contributed by atoms with Gasteiger partial charge in [-0.15, -0.1) is 10.2 Å². The van der Waals surface area contributed by atoms with Gasteiger partial charge in [-0.2, -0.15) is 0 Å². The molecule has 0 radical (unpaired) electrons. The van der Waals surface area contributed by atoms with E-state index in [2.05, 4.69) is 29.4 Å². The third-order valence-electron chi connectivity index (χ3n) is 3.57. The van der Waals surface area contributed by atoms with Crippen molar-refractivity contribution >= 4 is 16.5 Å². The molecule has 3 rings (SSSR count). The lowest BCUT2D eigenvalue weighted by molar-refractivity contribution is 0.465. The molecule has 0 saturated heterocycles. The molecule has 1 aromatic heterocycles. The Labute approximate surface area is 110 Å². The molecule has 94 valence electrons. The summed E-state index contributed by atoms with van der Waals surface area (Å²) in [6, 6.07) is 3.89. The van der Waals surface area contributed by atoms with Crippen LogP contribution in [0.1, 0.15) is 42.0 Å². The van der Waals surface area contributed by atoms with Crippen LogP contribution in [0, 0.1) is 6.92 Å². The minimum Gasteiger partial charge on any atom is -0.508 e. The van der Waals surface area contributed by atoms with Crippen LogP contribution in [0.5, 0.6) is 5.75 Å². The summed E-state index contributed by atoms with van der Waals surface area (Å²) >= 11 is 1.48. The summed E-state index contributed by atoms with van der Waals surface area (Å²) in [5, 5.41) is 22.1. The summed E-state index contributed by atoms with van der Waals surface area (Å²) in [6.07, 6.45) is 0.979. The van der Waals surface area contributed by atoms with Gasteiger partial charge >= 0.3 is 0 Å². The van der Waals surface area contributed by atoms with Crippen molar-refractivity contribution in [2.24, 2.45) is 0 Å². The van der Waals surface area contributed by atoms with Gasteiger partial charge in [0.2, 0.25) is 5.13 Å². The van der Waals surface area contributed by atoms with Crippen molar-refractivity contribution in [3.05, 3.63) is 34.3 Å². The van der Waals surface area contributed by atoms with E-state index in [1.165, 1.54) is 22.5 Å². The van der Waals surface area contributed by atoms with Gasteiger partial charge in [0.25, 0.3) is 0 Å². The Morgan fingerprint density at radius 3 is 2.94 bits per heavy atom. The first-order chi connectivity index (χ1) is 8.66. The molecule has 2 unspecified atom stereocenters. The predicted molar refractivity (Wildman–Crippen MR) is 72.1 cm³/mol. The summed E-state index contributed by atoms with van der Waals surface area (Å²) in [5.74, 6) is 0.833. The van der Waals surface area contributed by atoms with Crippen molar-refractivity contribution in [2.75, 3.05) is 5.32 Å². The van der Waals surface area contributed by atoms with Gasteiger partial charge in [-0.25, -0.2) is 0 Å². The first-order valence-electron chi connectivity index (χ1n) is 6.02. The Hall–Kier alpha value is -1.62. The number of aromatic nitrogens is 2. The fourth-order valence-corrected chi connectivity index (χ4v) is 3.36. The molecule has 0 amide bonds. The highest BCUT2D eigenvalue weighted by Gasteiger charge is 2.32. The number of hydrogen-bond acceptors (Lipinski definition) is 5. The van der Waals surface area contributed by atoms with Crippen LogP contribution in [0.3, 0.4) is 0 Å². The Balaban J connectivity index is 2.00. The predicted octanol–water partition coefficient (Wildman–Crippen LogP) is 3.21. The number of aryl methyl sites for hydroxylation is 1. The Kier molecular flexibility index (Phi) is 2.70. The molecule has 0 spiro atoms. The molecule has 1 aromatic carbocycles. The van der Waals surface area contributed by atoms with Crippen molar-refractivity contribution in [3.63, 3.8) is 0 Å². The quantitative estimate of drug-likeness (QED) is 0.871. The van der Waals surface area contributed by atoms with E-state index in [1.54, 1.807) is 11.6 Å². The maximum atomic E-state index is 10.1. The first-order valence-corrected chi connectivity index (χ1v) is 6.90. The van der Waals surface area contributed by atoms with Crippen molar-refractivity contribution in [1.29, 1.82) is 0 Å². The molecule has 0 saturated carbocycles. The van der Waals surface area contributed by atoms with Gasteiger partial charge in [0, 0.05) is 5.56 Å². The molecule has 0 aliphatic heterocycles. The lowest BCUT2D eigenvalue weighted by Gasteiger charge is -2.14. The van der Waals surface area contributed by atoms with Crippen LogP contribution >= 0.6 is 11.3 Å². The fraction of sp³-hybridized carbons (Fsp3) is 0.385. The molecule has 0 bridgehead atoms. The van der Waals surface area contributed by atoms with Crippen LogP contribution in [-0.4, -0.2) is 15.3 Å². The van der Waals surface area contributed by atoms with Crippen LogP contribution in [0.2, 0.25) is 0 Å². The van der Waals surface area contributed by atoms with E-state index < -0.39 is 0 Å². The van der Waals surface area contributed by atoms with Gasteiger partial charge in [-0.05, 0) is 36.5 Å². The van der Waals surface area contributed by atoms with E-state index >= 15 is 0 Å². The number of aromatic hydroxyl groups is 1. The largest absolute Gasteiger partial charge is 0.508 e. The van der Waals surface area contributed by atoms with E-state index in [1.807, 2.05) is 6.07 Å². The zero-order valence-corrected chi connectivity index (χ0v) is 11.2. The van der Waals surface area contributed by atoms with E-state index in [4.69, 9.17) is 0 Å². The summed E-state index contributed by atoms with van der Waals surface area (Å²) in [7, 11) is 0. The Bertz CT molecular complexity index is 568. The summed E-state index contributed by atoms with van der Waals surface area (Å²) in [4.78, 5) is 0. The van der Waals surface area contributed by atoms with Crippen molar-refractivity contribution < 1.29 is 5.11 Å². The number of phenols is 1. The number of phenolic OH excluding ortho intramolecular Hbond substituents is 1. The second-order valence-corrected chi connectivity index (χ2v) is 5.64. The lowest BCUT2D eigenvalue weighted by atomic mass is 9.97. The van der Waals surface area contributed by atoms with Gasteiger partial charge < -0.3 is 10.4 Å². The molecule has 1 heterocycles. The molecule has 1 aliphatic carbocycles. The van der Waals surface area contributed by atoms with Crippen molar-refractivity contribution in [2.45, 2.75) is 32.2 Å². The average Bonchev–Trinajstić information content (AvgIpc) is 2.93. The van der Waals surface area contributed by atoms with Gasteiger partial charge in [0.05, 0.1) is 6.04 Å². The summed E-state index contributed by atoms with van der Waals surface area (Å²) in [5.41, 5.74) is 5.25. The molecule has 2 atom stereocenters. The minimum absolute atomic E-state index is 0.128. The highest BCUT2D eigenvalue weighted by atomic mass is 32.1.